The molecule has 0 unspecified atom stereocenters. The number of aromatic nitrogens is 1. The van der Waals surface area contributed by atoms with E-state index in [0.29, 0.717) is 25.4 Å². The molecule has 2 aliphatic carbocycles. The lowest BCUT2D eigenvalue weighted by Gasteiger charge is -2.53. The number of carboxylic acid groups (broad SMARTS) is 1. The van der Waals surface area contributed by atoms with Gasteiger partial charge in [-0.3, -0.25) is 9.59 Å². The van der Waals surface area contributed by atoms with Gasteiger partial charge in [0.05, 0.1) is 17.7 Å². The van der Waals surface area contributed by atoms with Crippen molar-refractivity contribution in [3.63, 3.8) is 0 Å². The summed E-state index contributed by atoms with van der Waals surface area (Å²) in [4.78, 5) is 40.6. The van der Waals surface area contributed by atoms with Crippen molar-refractivity contribution < 1.29 is 24.2 Å². The van der Waals surface area contributed by atoms with E-state index >= 15 is 0 Å². The number of amides is 1. The molecular formula is C30H37FN2O5. The molecule has 3 aliphatic rings. The van der Waals surface area contributed by atoms with Gasteiger partial charge >= 0.3 is 5.97 Å². The summed E-state index contributed by atoms with van der Waals surface area (Å²) in [5, 5.41) is 22.0. The Morgan fingerprint density at radius 1 is 1.11 bits per heavy atom. The number of carbonyl (C=O) groups excluding carboxylic acids is 1. The molecule has 5 rings (SSSR count). The molecule has 0 bridgehead atoms. The van der Waals surface area contributed by atoms with E-state index < -0.39 is 28.4 Å². The summed E-state index contributed by atoms with van der Waals surface area (Å²) in [5.74, 6) is -1.15. The Morgan fingerprint density at radius 2 is 1.82 bits per heavy atom. The first-order valence-electron chi connectivity index (χ1n) is 13.9. The topological polar surface area (TPSA) is 99.8 Å². The number of rotatable bonds is 7. The van der Waals surface area contributed by atoms with Crippen molar-refractivity contribution in [3.05, 3.63) is 58.3 Å². The molecular weight excluding hydrogens is 487 g/mol. The molecule has 7 nitrogen and oxygen atoms in total. The van der Waals surface area contributed by atoms with Crippen molar-refractivity contribution >= 4 is 11.9 Å². The Morgan fingerprint density at radius 3 is 2.45 bits per heavy atom. The Balaban J connectivity index is 1.42. The molecule has 38 heavy (non-hydrogen) atoms. The molecule has 1 aromatic heterocycles. The van der Waals surface area contributed by atoms with Gasteiger partial charge < -0.3 is 19.7 Å². The van der Waals surface area contributed by atoms with E-state index in [1.54, 1.807) is 6.07 Å². The maximum Gasteiger partial charge on any atom is 0.337 e. The van der Waals surface area contributed by atoms with Crippen molar-refractivity contribution in [2.75, 3.05) is 13.1 Å². The van der Waals surface area contributed by atoms with Crippen LogP contribution in [0.5, 0.6) is 0 Å². The predicted molar refractivity (Wildman–Crippen MR) is 141 cm³/mol. The van der Waals surface area contributed by atoms with Gasteiger partial charge in [0.15, 0.2) is 0 Å². The number of piperidine rings is 1. The minimum atomic E-state index is -1.28. The zero-order chi connectivity index (χ0) is 27.1. The number of aliphatic hydroxyl groups is 1. The van der Waals surface area contributed by atoms with Crippen LogP contribution in [-0.4, -0.2) is 50.2 Å². The number of carboxylic acids is 1. The molecule has 0 radical (unpaired) electrons. The first kappa shape index (κ1) is 26.6. The molecule has 1 aliphatic heterocycles. The molecule has 1 saturated heterocycles. The highest BCUT2D eigenvalue weighted by Gasteiger charge is 2.55. The van der Waals surface area contributed by atoms with Crippen LogP contribution in [0.1, 0.15) is 75.1 Å². The Hall–Kier alpha value is -3.00. The normalized spacial score (nSPS) is 23.8. The van der Waals surface area contributed by atoms with Gasteiger partial charge in [-0.2, -0.15) is 0 Å². The molecule has 3 fully saturated rings. The lowest BCUT2D eigenvalue weighted by molar-refractivity contribution is -0.163. The molecule has 1 amide bonds. The first-order chi connectivity index (χ1) is 18.1. The number of halogens is 1. The van der Waals surface area contributed by atoms with Crippen molar-refractivity contribution in [2.24, 2.45) is 17.3 Å². The number of hydrogen-bond acceptors (Lipinski definition) is 4. The van der Waals surface area contributed by atoms with Crippen LogP contribution < -0.4 is 5.56 Å². The molecule has 2 aromatic rings. The largest absolute Gasteiger partial charge is 0.478 e. The molecule has 2 N–H and O–H groups in total. The van der Waals surface area contributed by atoms with Crippen LogP contribution in [0.3, 0.4) is 0 Å². The average Bonchev–Trinajstić information content (AvgIpc) is 3.34. The van der Waals surface area contributed by atoms with E-state index in [4.69, 9.17) is 0 Å². The molecule has 8 heteroatoms. The van der Waals surface area contributed by atoms with Gasteiger partial charge in [-0.05, 0) is 37.7 Å². The van der Waals surface area contributed by atoms with Crippen LogP contribution in [0.2, 0.25) is 0 Å². The fraction of sp³-hybridized carbons (Fsp3) is 0.567. The molecule has 2 atom stereocenters. The van der Waals surface area contributed by atoms with Crippen molar-refractivity contribution in [1.29, 1.82) is 0 Å². The van der Waals surface area contributed by atoms with Crippen LogP contribution in [0.25, 0.3) is 11.1 Å². The molecule has 1 spiro atoms. The first-order valence-corrected chi connectivity index (χ1v) is 13.9. The van der Waals surface area contributed by atoms with Gasteiger partial charge in [0.1, 0.15) is 5.82 Å². The highest BCUT2D eigenvalue weighted by molar-refractivity contribution is 5.95. The van der Waals surface area contributed by atoms with Crippen LogP contribution in [-0.2, 0) is 11.3 Å². The summed E-state index contributed by atoms with van der Waals surface area (Å²) >= 11 is 0. The Bertz CT molecular complexity index is 1280. The van der Waals surface area contributed by atoms with Crippen molar-refractivity contribution in [2.45, 2.75) is 76.9 Å². The third kappa shape index (κ3) is 4.79. The zero-order valence-electron chi connectivity index (χ0n) is 22.0. The minimum Gasteiger partial charge on any atom is -0.478 e. The second-order valence-corrected chi connectivity index (χ2v) is 11.8. The second-order valence-electron chi connectivity index (χ2n) is 11.8. The molecule has 2 heterocycles. The highest BCUT2D eigenvalue weighted by Crippen LogP contribution is 2.52. The Labute approximate surface area is 222 Å². The fourth-order valence-corrected chi connectivity index (χ4v) is 6.98. The summed E-state index contributed by atoms with van der Waals surface area (Å²) in [7, 11) is 0. The SMILES string of the molecule is C[C@H](CC1CCC1)C(=O)N1CC[C@@](O)(Cn2cc(C(=O)O)c(-c3ccccc3F)cc2=O)C2(CCCC2)C1. The smallest absolute Gasteiger partial charge is 0.337 e. The minimum absolute atomic E-state index is 0.0142. The van der Waals surface area contributed by atoms with E-state index in [0.717, 1.165) is 38.2 Å². The summed E-state index contributed by atoms with van der Waals surface area (Å²) in [6, 6.07) is 6.90. The third-order valence-corrected chi connectivity index (χ3v) is 9.43. The average molecular weight is 525 g/mol. The number of benzene rings is 1. The summed E-state index contributed by atoms with van der Waals surface area (Å²) in [6.45, 7) is 2.79. The predicted octanol–water partition coefficient (Wildman–Crippen LogP) is 4.70. The number of nitrogens with zero attached hydrogens (tertiary/aromatic N) is 2. The second kappa shape index (κ2) is 10.3. The van der Waals surface area contributed by atoms with E-state index in [2.05, 4.69) is 0 Å². The van der Waals surface area contributed by atoms with Gasteiger partial charge in [0.2, 0.25) is 5.91 Å². The summed E-state index contributed by atoms with van der Waals surface area (Å²) in [5.41, 5.74) is -2.46. The number of aromatic carboxylic acids is 1. The lowest BCUT2D eigenvalue weighted by atomic mass is 9.65. The highest BCUT2D eigenvalue weighted by atomic mass is 19.1. The van der Waals surface area contributed by atoms with Gasteiger partial charge in [0.25, 0.3) is 5.56 Å². The Kier molecular flexibility index (Phi) is 7.20. The standard InChI is InChI=1S/C30H37FN2O5/c1-20(15-21-7-6-8-21)27(35)32-14-13-30(38,29(18-32)11-4-5-12-29)19-33-17-24(28(36)37)23(16-26(33)34)22-9-2-3-10-25(22)31/h2-3,9-10,16-17,20-21,38H,4-8,11-15,18-19H2,1H3,(H,36,37)/t20-,30-/m1/s1. The van der Waals surface area contributed by atoms with Crippen LogP contribution in [0.4, 0.5) is 4.39 Å². The van der Waals surface area contributed by atoms with Gasteiger partial charge in [-0.25, -0.2) is 9.18 Å². The maximum absolute atomic E-state index is 14.5. The van der Waals surface area contributed by atoms with Crippen LogP contribution in [0.15, 0.2) is 41.3 Å². The maximum atomic E-state index is 14.5. The van der Waals surface area contributed by atoms with Crippen LogP contribution in [0, 0.1) is 23.1 Å². The quantitative estimate of drug-likeness (QED) is 0.547. The van der Waals surface area contributed by atoms with Crippen molar-refractivity contribution in [3.8, 4) is 11.1 Å². The zero-order valence-corrected chi connectivity index (χ0v) is 22.0. The molecule has 2 saturated carbocycles. The number of pyridine rings is 1. The third-order valence-electron chi connectivity index (χ3n) is 9.43. The van der Waals surface area contributed by atoms with Gasteiger partial charge in [-0.1, -0.05) is 57.2 Å². The van der Waals surface area contributed by atoms with Crippen molar-refractivity contribution in [1.82, 2.24) is 9.47 Å². The number of carbonyl (C=O) groups is 2. The van der Waals surface area contributed by atoms with E-state index in [-0.39, 0.29) is 35.1 Å². The number of likely N-dealkylation sites (tertiary alicyclic amines) is 1. The van der Waals surface area contributed by atoms with E-state index in [1.807, 2.05) is 11.8 Å². The molecule has 1 aromatic carbocycles. The number of hydrogen-bond donors (Lipinski definition) is 2. The summed E-state index contributed by atoms with van der Waals surface area (Å²) in [6.07, 6.45) is 9.46. The molecule has 204 valence electrons. The van der Waals surface area contributed by atoms with Crippen LogP contribution >= 0.6 is 0 Å². The van der Waals surface area contributed by atoms with Gasteiger partial charge in [-0.15, -0.1) is 0 Å². The summed E-state index contributed by atoms with van der Waals surface area (Å²) < 4.78 is 15.7. The fourth-order valence-electron chi connectivity index (χ4n) is 6.98. The monoisotopic (exact) mass is 524 g/mol. The van der Waals surface area contributed by atoms with E-state index in [1.165, 1.54) is 48.2 Å². The van der Waals surface area contributed by atoms with Gasteiger partial charge in [0, 0.05) is 47.8 Å². The van der Waals surface area contributed by atoms with E-state index in [9.17, 15) is 29.0 Å². The lowest BCUT2D eigenvalue weighted by Crippen LogP contribution is -2.62.